The van der Waals surface area contributed by atoms with E-state index in [2.05, 4.69) is 36.7 Å². The minimum Gasteiger partial charge on any atom is -0.367 e. The molecule has 0 aliphatic rings. The highest BCUT2D eigenvalue weighted by atomic mass is 15.2. The lowest BCUT2D eigenvalue weighted by atomic mass is 9.98. The molecule has 15 heavy (non-hydrogen) atoms. The van der Waals surface area contributed by atoms with Gasteiger partial charge in [-0.2, -0.15) is 5.26 Å². The molecule has 1 rings (SSSR count). The van der Waals surface area contributed by atoms with Crippen molar-refractivity contribution >= 4 is 5.69 Å². The summed E-state index contributed by atoms with van der Waals surface area (Å²) in [6.07, 6.45) is 4.41. The van der Waals surface area contributed by atoms with Crippen molar-refractivity contribution in [3.8, 4) is 6.07 Å². The van der Waals surface area contributed by atoms with E-state index in [4.69, 9.17) is 5.26 Å². The van der Waals surface area contributed by atoms with Crippen LogP contribution in [0.5, 0.6) is 0 Å². The highest BCUT2D eigenvalue weighted by Crippen LogP contribution is 2.26. The Balaban J connectivity index is 3.12. The van der Waals surface area contributed by atoms with Crippen LogP contribution < -0.4 is 4.90 Å². The van der Waals surface area contributed by atoms with Crippen LogP contribution in [0.3, 0.4) is 0 Å². The summed E-state index contributed by atoms with van der Waals surface area (Å²) in [5.41, 5.74) is 1.61. The van der Waals surface area contributed by atoms with Gasteiger partial charge in [0.2, 0.25) is 0 Å². The Hall–Kier alpha value is -1.56. The third-order valence-electron chi connectivity index (χ3n) is 3.06. The van der Waals surface area contributed by atoms with Gasteiger partial charge < -0.3 is 4.90 Å². The van der Waals surface area contributed by atoms with Crippen LogP contribution in [0.1, 0.15) is 32.8 Å². The maximum Gasteiger partial charge on any atom is 0.101 e. The van der Waals surface area contributed by atoms with Crippen LogP contribution >= 0.6 is 0 Å². The molecule has 0 radical (unpaired) electrons. The lowest BCUT2D eigenvalue weighted by Crippen LogP contribution is -2.41. The van der Waals surface area contributed by atoms with Crippen molar-refractivity contribution in [2.24, 2.45) is 0 Å². The van der Waals surface area contributed by atoms with E-state index in [9.17, 15) is 0 Å². The molecule has 0 aliphatic heterocycles. The molecule has 0 bridgehead atoms. The SMILES string of the molecule is CCC(C)(C)N(C)c1cnccc1C#N. The van der Waals surface area contributed by atoms with Crippen LogP contribution in [-0.4, -0.2) is 17.6 Å². The van der Waals surface area contributed by atoms with Crippen molar-refractivity contribution in [1.82, 2.24) is 4.98 Å². The van der Waals surface area contributed by atoms with Crippen LogP contribution in [0.15, 0.2) is 18.5 Å². The van der Waals surface area contributed by atoms with Gasteiger partial charge in [0.25, 0.3) is 0 Å². The van der Waals surface area contributed by atoms with Gasteiger partial charge in [-0.25, -0.2) is 0 Å². The average molecular weight is 203 g/mol. The molecule has 3 heteroatoms. The Bertz CT molecular complexity index is 377. The van der Waals surface area contributed by atoms with Gasteiger partial charge in [0.05, 0.1) is 17.4 Å². The maximum atomic E-state index is 9.00. The van der Waals surface area contributed by atoms with Gasteiger partial charge in [-0.3, -0.25) is 4.98 Å². The Kier molecular flexibility index (Phi) is 3.31. The van der Waals surface area contributed by atoms with Crippen molar-refractivity contribution in [3.63, 3.8) is 0 Å². The van der Waals surface area contributed by atoms with Crippen LogP contribution in [-0.2, 0) is 0 Å². The van der Waals surface area contributed by atoms with E-state index in [1.54, 1.807) is 18.5 Å². The Morgan fingerprint density at radius 1 is 1.53 bits per heavy atom. The number of aromatic nitrogens is 1. The second kappa shape index (κ2) is 4.31. The first kappa shape index (κ1) is 11.5. The third kappa shape index (κ3) is 2.27. The highest BCUT2D eigenvalue weighted by Gasteiger charge is 2.23. The zero-order chi connectivity index (χ0) is 11.5. The second-order valence-electron chi connectivity index (χ2n) is 4.23. The molecule has 0 N–H and O–H groups in total. The number of nitrogens with zero attached hydrogens (tertiary/aromatic N) is 3. The predicted molar refractivity (Wildman–Crippen MR) is 61.7 cm³/mol. The van der Waals surface area contributed by atoms with Crippen LogP contribution in [0.4, 0.5) is 5.69 Å². The molecule has 1 aromatic rings. The Labute approximate surface area is 91.4 Å². The van der Waals surface area contributed by atoms with Crippen molar-refractivity contribution in [2.75, 3.05) is 11.9 Å². The van der Waals surface area contributed by atoms with E-state index in [1.165, 1.54) is 0 Å². The molecular weight excluding hydrogens is 186 g/mol. The van der Waals surface area contributed by atoms with Crippen LogP contribution in [0, 0.1) is 11.3 Å². The van der Waals surface area contributed by atoms with Crippen LogP contribution in [0.25, 0.3) is 0 Å². The van der Waals surface area contributed by atoms with Gasteiger partial charge in [-0.05, 0) is 26.3 Å². The molecule has 1 aromatic heterocycles. The minimum absolute atomic E-state index is 0.0363. The molecule has 1 heterocycles. The molecular formula is C12H17N3. The van der Waals surface area contributed by atoms with E-state index >= 15 is 0 Å². The van der Waals surface area contributed by atoms with Gasteiger partial charge in [0, 0.05) is 18.8 Å². The second-order valence-corrected chi connectivity index (χ2v) is 4.23. The molecule has 0 fully saturated rings. The summed E-state index contributed by atoms with van der Waals surface area (Å²) >= 11 is 0. The molecule has 3 nitrogen and oxygen atoms in total. The average Bonchev–Trinajstić information content (AvgIpc) is 2.28. The number of hydrogen-bond acceptors (Lipinski definition) is 3. The van der Waals surface area contributed by atoms with E-state index in [0.29, 0.717) is 5.56 Å². The summed E-state index contributed by atoms with van der Waals surface area (Å²) in [6, 6.07) is 3.94. The topological polar surface area (TPSA) is 39.9 Å². The van der Waals surface area contributed by atoms with Crippen molar-refractivity contribution in [2.45, 2.75) is 32.7 Å². The summed E-state index contributed by atoms with van der Waals surface area (Å²) in [5, 5.41) is 9.00. The number of hydrogen-bond donors (Lipinski definition) is 0. The minimum atomic E-state index is 0.0363. The fraction of sp³-hybridized carbons (Fsp3) is 0.500. The quantitative estimate of drug-likeness (QED) is 0.758. The van der Waals surface area contributed by atoms with Gasteiger partial charge in [-0.1, -0.05) is 6.92 Å². The lowest BCUT2D eigenvalue weighted by molar-refractivity contribution is 0.470. The van der Waals surface area contributed by atoms with Gasteiger partial charge in [0.1, 0.15) is 6.07 Å². The summed E-state index contributed by atoms with van der Waals surface area (Å²) < 4.78 is 0. The molecule has 0 unspecified atom stereocenters. The molecule has 0 spiro atoms. The van der Waals surface area contributed by atoms with Crippen molar-refractivity contribution < 1.29 is 0 Å². The number of pyridine rings is 1. The molecule has 0 aliphatic carbocycles. The summed E-state index contributed by atoms with van der Waals surface area (Å²) in [6.45, 7) is 6.45. The molecule has 0 aromatic carbocycles. The number of anilines is 1. The zero-order valence-electron chi connectivity index (χ0n) is 9.78. The first-order valence-corrected chi connectivity index (χ1v) is 5.11. The van der Waals surface area contributed by atoms with Gasteiger partial charge in [0.15, 0.2) is 0 Å². The smallest absolute Gasteiger partial charge is 0.101 e. The third-order valence-corrected chi connectivity index (χ3v) is 3.06. The summed E-state index contributed by atoms with van der Waals surface area (Å²) in [7, 11) is 2.00. The van der Waals surface area contributed by atoms with Gasteiger partial charge in [-0.15, -0.1) is 0 Å². The maximum absolute atomic E-state index is 9.00. The van der Waals surface area contributed by atoms with E-state index in [0.717, 1.165) is 12.1 Å². The predicted octanol–water partition coefficient (Wildman–Crippen LogP) is 2.58. The normalized spacial score (nSPS) is 10.9. The van der Waals surface area contributed by atoms with E-state index < -0.39 is 0 Å². The zero-order valence-corrected chi connectivity index (χ0v) is 9.78. The van der Waals surface area contributed by atoms with Crippen molar-refractivity contribution in [1.29, 1.82) is 5.26 Å². The van der Waals surface area contributed by atoms with Crippen molar-refractivity contribution in [3.05, 3.63) is 24.0 Å². The molecule has 0 amide bonds. The largest absolute Gasteiger partial charge is 0.367 e. The van der Waals surface area contributed by atoms with E-state index in [1.807, 2.05) is 7.05 Å². The fourth-order valence-electron chi connectivity index (χ4n) is 1.31. The lowest BCUT2D eigenvalue weighted by Gasteiger charge is -2.36. The first-order chi connectivity index (χ1) is 7.03. The molecule has 0 saturated heterocycles. The fourth-order valence-corrected chi connectivity index (χ4v) is 1.31. The number of nitriles is 1. The molecule has 0 saturated carbocycles. The monoisotopic (exact) mass is 203 g/mol. The molecule has 80 valence electrons. The van der Waals surface area contributed by atoms with E-state index in [-0.39, 0.29) is 5.54 Å². The standard InChI is InChI=1S/C12H17N3/c1-5-12(2,3)15(4)11-9-14-7-6-10(11)8-13/h6-7,9H,5H2,1-4H3. The van der Waals surface area contributed by atoms with Crippen LogP contribution in [0.2, 0.25) is 0 Å². The summed E-state index contributed by atoms with van der Waals surface area (Å²) in [4.78, 5) is 6.18. The molecule has 0 atom stereocenters. The summed E-state index contributed by atoms with van der Waals surface area (Å²) in [5.74, 6) is 0. The Morgan fingerprint density at radius 3 is 2.73 bits per heavy atom. The van der Waals surface area contributed by atoms with Gasteiger partial charge >= 0.3 is 0 Å². The first-order valence-electron chi connectivity index (χ1n) is 5.11. The Morgan fingerprint density at radius 2 is 2.20 bits per heavy atom. The number of rotatable bonds is 3. The highest BCUT2D eigenvalue weighted by molar-refractivity contribution is 5.58.